The van der Waals surface area contributed by atoms with Gasteiger partial charge in [-0.2, -0.15) is 5.10 Å². The van der Waals surface area contributed by atoms with E-state index in [-0.39, 0.29) is 0 Å². The lowest BCUT2D eigenvalue weighted by Gasteiger charge is -2.13. The molecule has 0 saturated heterocycles. The van der Waals surface area contributed by atoms with E-state index in [1.54, 1.807) is 14.2 Å². The van der Waals surface area contributed by atoms with Gasteiger partial charge in [-0.1, -0.05) is 28.1 Å². The molecule has 7 heteroatoms. The predicted octanol–water partition coefficient (Wildman–Crippen LogP) is 4.38. The van der Waals surface area contributed by atoms with Crippen LogP contribution in [-0.2, 0) is 0 Å². The number of aromatic amines is 1. The summed E-state index contributed by atoms with van der Waals surface area (Å²) in [6.45, 7) is 0. The molecule has 0 aliphatic heterocycles. The van der Waals surface area contributed by atoms with Crippen LogP contribution in [0.1, 0.15) is 0 Å². The minimum atomic E-state index is 0.492. The number of aromatic nitrogens is 3. The van der Waals surface area contributed by atoms with E-state index in [0.717, 1.165) is 15.7 Å². The first-order valence-corrected chi connectivity index (χ1v) is 8.00. The van der Waals surface area contributed by atoms with Gasteiger partial charge >= 0.3 is 0 Å². The largest absolute Gasteiger partial charge is 0.497 e. The average molecular weight is 392 g/mol. The lowest BCUT2D eigenvalue weighted by atomic mass is 10.2. The van der Waals surface area contributed by atoms with Gasteiger partial charge in [0, 0.05) is 16.1 Å². The molecule has 3 aromatic rings. The van der Waals surface area contributed by atoms with Crippen molar-refractivity contribution in [2.45, 2.75) is 0 Å². The fraction of sp³-hybridized carbons (Fsp3) is 0.125. The fourth-order valence-corrected chi connectivity index (χ4v) is 2.78. The van der Waals surface area contributed by atoms with Crippen LogP contribution in [0.2, 0.25) is 0 Å². The molecule has 0 aliphatic rings. The van der Waals surface area contributed by atoms with E-state index in [1.807, 2.05) is 47.0 Å². The van der Waals surface area contributed by atoms with E-state index >= 15 is 0 Å². The zero-order chi connectivity index (χ0) is 16.4. The van der Waals surface area contributed by atoms with Gasteiger partial charge in [-0.25, -0.2) is 0 Å². The summed E-state index contributed by atoms with van der Waals surface area (Å²) in [6, 6.07) is 13.4. The number of hydrogen-bond donors (Lipinski definition) is 1. The molecule has 118 valence electrons. The van der Waals surface area contributed by atoms with Gasteiger partial charge in [0.15, 0.2) is 10.6 Å². The average Bonchev–Trinajstić information content (AvgIpc) is 2.96. The molecule has 0 amide bonds. The van der Waals surface area contributed by atoms with Crippen LogP contribution in [0.3, 0.4) is 0 Å². The van der Waals surface area contributed by atoms with Crippen LogP contribution in [-0.4, -0.2) is 29.0 Å². The van der Waals surface area contributed by atoms with E-state index in [1.165, 1.54) is 0 Å². The predicted molar refractivity (Wildman–Crippen MR) is 95.0 cm³/mol. The molecular formula is C16H14BrN3O2S. The molecule has 0 radical (unpaired) electrons. The van der Waals surface area contributed by atoms with Crippen molar-refractivity contribution in [2.75, 3.05) is 14.2 Å². The number of methoxy groups -OCH3 is 2. The second-order valence-electron chi connectivity index (χ2n) is 4.73. The van der Waals surface area contributed by atoms with Gasteiger partial charge in [0.25, 0.3) is 0 Å². The summed E-state index contributed by atoms with van der Waals surface area (Å²) in [7, 11) is 3.23. The van der Waals surface area contributed by atoms with Crippen LogP contribution in [0, 0.1) is 4.77 Å². The first-order valence-electron chi connectivity index (χ1n) is 6.80. The lowest BCUT2D eigenvalue weighted by Crippen LogP contribution is -2.01. The Balaban J connectivity index is 2.20. The molecule has 0 aliphatic carbocycles. The van der Waals surface area contributed by atoms with Gasteiger partial charge in [-0.15, -0.1) is 0 Å². The molecule has 5 nitrogen and oxygen atoms in total. The van der Waals surface area contributed by atoms with Crippen LogP contribution in [0.15, 0.2) is 46.9 Å². The van der Waals surface area contributed by atoms with Crippen LogP contribution < -0.4 is 9.47 Å². The molecule has 0 spiro atoms. The number of nitrogens with zero attached hydrogens (tertiary/aromatic N) is 2. The molecule has 1 aromatic heterocycles. The van der Waals surface area contributed by atoms with E-state index in [9.17, 15) is 0 Å². The molecule has 1 N–H and O–H groups in total. The van der Waals surface area contributed by atoms with E-state index < -0.39 is 0 Å². The number of benzene rings is 2. The van der Waals surface area contributed by atoms with Crippen LogP contribution in [0.25, 0.3) is 17.1 Å². The van der Waals surface area contributed by atoms with Crippen LogP contribution in [0.4, 0.5) is 0 Å². The number of H-pyrrole nitrogens is 1. The Hall–Kier alpha value is -2.12. The molecule has 0 unspecified atom stereocenters. The number of hydrogen-bond acceptors (Lipinski definition) is 4. The molecule has 23 heavy (non-hydrogen) atoms. The summed E-state index contributed by atoms with van der Waals surface area (Å²) < 4.78 is 14.1. The standard InChI is InChI=1S/C16H14BrN3O2S/c1-21-12-7-8-13(14(9-12)22-2)20-15(18-19-16(20)23)10-3-5-11(17)6-4-10/h3-9H,1-2H3,(H,19,23). The molecular weight excluding hydrogens is 378 g/mol. The molecule has 0 atom stereocenters. The summed E-state index contributed by atoms with van der Waals surface area (Å²) in [5, 5.41) is 7.20. The smallest absolute Gasteiger partial charge is 0.200 e. The molecule has 0 fully saturated rings. The number of halogens is 1. The van der Waals surface area contributed by atoms with Crippen molar-refractivity contribution in [3.05, 3.63) is 51.7 Å². The summed E-state index contributed by atoms with van der Waals surface area (Å²) >= 11 is 8.83. The highest BCUT2D eigenvalue weighted by molar-refractivity contribution is 9.10. The van der Waals surface area contributed by atoms with Crippen molar-refractivity contribution < 1.29 is 9.47 Å². The van der Waals surface area contributed by atoms with E-state index in [2.05, 4.69) is 26.1 Å². The fourth-order valence-electron chi connectivity index (χ4n) is 2.28. The Morgan fingerprint density at radius 1 is 1.09 bits per heavy atom. The summed E-state index contributed by atoms with van der Waals surface area (Å²) in [6.07, 6.45) is 0. The Morgan fingerprint density at radius 3 is 2.48 bits per heavy atom. The number of rotatable bonds is 4. The third-order valence-electron chi connectivity index (χ3n) is 3.40. The van der Waals surface area contributed by atoms with Crippen molar-refractivity contribution in [1.82, 2.24) is 14.8 Å². The van der Waals surface area contributed by atoms with Gasteiger partial charge in [0.1, 0.15) is 11.5 Å². The van der Waals surface area contributed by atoms with Crippen molar-refractivity contribution in [3.63, 3.8) is 0 Å². The minimum Gasteiger partial charge on any atom is -0.497 e. The lowest BCUT2D eigenvalue weighted by molar-refractivity contribution is 0.393. The van der Waals surface area contributed by atoms with Crippen LogP contribution >= 0.6 is 28.1 Å². The van der Waals surface area contributed by atoms with Crippen molar-refractivity contribution in [3.8, 4) is 28.6 Å². The van der Waals surface area contributed by atoms with E-state index in [0.29, 0.717) is 22.1 Å². The van der Waals surface area contributed by atoms with E-state index in [4.69, 9.17) is 21.7 Å². The third-order valence-corrected chi connectivity index (χ3v) is 4.21. The van der Waals surface area contributed by atoms with Gasteiger partial charge in [0.2, 0.25) is 0 Å². The van der Waals surface area contributed by atoms with Crippen molar-refractivity contribution in [1.29, 1.82) is 0 Å². The Morgan fingerprint density at radius 2 is 1.83 bits per heavy atom. The minimum absolute atomic E-state index is 0.492. The second kappa shape index (κ2) is 6.55. The van der Waals surface area contributed by atoms with Crippen LogP contribution in [0.5, 0.6) is 11.5 Å². The number of ether oxygens (including phenoxy) is 2. The number of nitrogens with one attached hydrogen (secondary N) is 1. The van der Waals surface area contributed by atoms with Gasteiger partial charge in [-0.05, 0) is 36.5 Å². The zero-order valence-corrected chi connectivity index (χ0v) is 14.9. The Kier molecular flexibility index (Phi) is 4.49. The first kappa shape index (κ1) is 15.8. The van der Waals surface area contributed by atoms with Gasteiger partial charge in [-0.3, -0.25) is 9.67 Å². The molecule has 3 rings (SSSR count). The monoisotopic (exact) mass is 391 g/mol. The molecule has 2 aromatic carbocycles. The third kappa shape index (κ3) is 3.02. The quantitative estimate of drug-likeness (QED) is 0.670. The normalized spacial score (nSPS) is 10.6. The van der Waals surface area contributed by atoms with Crippen molar-refractivity contribution >= 4 is 28.1 Å². The highest BCUT2D eigenvalue weighted by atomic mass is 79.9. The van der Waals surface area contributed by atoms with Crippen molar-refractivity contribution in [2.24, 2.45) is 0 Å². The maximum atomic E-state index is 5.48. The summed E-state index contributed by atoms with van der Waals surface area (Å²) in [5.74, 6) is 2.08. The highest BCUT2D eigenvalue weighted by Crippen LogP contribution is 2.31. The highest BCUT2D eigenvalue weighted by Gasteiger charge is 2.15. The topological polar surface area (TPSA) is 52.1 Å². The zero-order valence-electron chi connectivity index (χ0n) is 12.5. The second-order valence-corrected chi connectivity index (χ2v) is 6.03. The summed E-state index contributed by atoms with van der Waals surface area (Å²) in [4.78, 5) is 0. The molecule has 0 bridgehead atoms. The SMILES string of the molecule is COc1ccc(-n2c(-c3ccc(Br)cc3)n[nH]c2=S)c(OC)c1. The first-order chi connectivity index (χ1) is 11.1. The Labute approximate surface area is 147 Å². The maximum absolute atomic E-state index is 5.48. The molecule has 1 heterocycles. The Bertz CT molecular complexity index is 887. The maximum Gasteiger partial charge on any atom is 0.200 e. The van der Waals surface area contributed by atoms with Gasteiger partial charge in [0.05, 0.1) is 19.9 Å². The molecule has 0 saturated carbocycles. The van der Waals surface area contributed by atoms with Gasteiger partial charge < -0.3 is 9.47 Å². The summed E-state index contributed by atoms with van der Waals surface area (Å²) in [5.41, 5.74) is 1.74.